The monoisotopic (exact) mass is 398 g/mol. The van der Waals surface area contributed by atoms with Gasteiger partial charge in [-0.15, -0.1) is 0 Å². The van der Waals surface area contributed by atoms with E-state index in [2.05, 4.69) is 5.32 Å². The van der Waals surface area contributed by atoms with E-state index in [9.17, 15) is 19.5 Å². The standard InChI is InChI=1S/C17H16Cl2N2O5/c18-12-4-3-10(8-13(12)19)2-1-6-20-16(25)11-5-7-21(9-14(22)23)17(26)15(11)24/h3-5,7-8,24H,1-2,6,9H2,(H,20,25)(H,22,23). The fourth-order valence-electron chi connectivity index (χ4n) is 2.30. The molecule has 0 radical (unpaired) electrons. The lowest BCUT2D eigenvalue weighted by Gasteiger charge is -2.09. The van der Waals surface area contributed by atoms with Crippen molar-refractivity contribution in [3.8, 4) is 5.75 Å². The van der Waals surface area contributed by atoms with Crippen LogP contribution in [0.25, 0.3) is 0 Å². The van der Waals surface area contributed by atoms with Crippen molar-refractivity contribution < 1.29 is 19.8 Å². The van der Waals surface area contributed by atoms with Gasteiger partial charge in [0.25, 0.3) is 11.5 Å². The van der Waals surface area contributed by atoms with Gasteiger partial charge in [-0.2, -0.15) is 0 Å². The predicted molar refractivity (Wildman–Crippen MR) is 97.1 cm³/mol. The van der Waals surface area contributed by atoms with E-state index in [-0.39, 0.29) is 5.56 Å². The molecule has 0 aliphatic heterocycles. The van der Waals surface area contributed by atoms with Gasteiger partial charge >= 0.3 is 5.97 Å². The number of halogens is 2. The van der Waals surface area contributed by atoms with Crippen molar-refractivity contribution in [1.29, 1.82) is 0 Å². The number of hydrogen-bond donors (Lipinski definition) is 3. The van der Waals surface area contributed by atoms with Crippen LogP contribution >= 0.6 is 23.2 Å². The number of rotatable bonds is 7. The zero-order valence-corrected chi connectivity index (χ0v) is 15.0. The highest BCUT2D eigenvalue weighted by molar-refractivity contribution is 6.42. The first kappa shape index (κ1) is 19.8. The highest BCUT2D eigenvalue weighted by Crippen LogP contribution is 2.23. The Balaban J connectivity index is 1.93. The molecule has 2 rings (SSSR count). The number of carboxylic acids is 1. The van der Waals surface area contributed by atoms with Crippen molar-refractivity contribution in [1.82, 2.24) is 9.88 Å². The summed E-state index contributed by atoms with van der Waals surface area (Å²) in [7, 11) is 0. The number of nitrogens with one attached hydrogen (secondary N) is 1. The van der Waals surface area contributed by atoms with E-state index in [1.54, 1.807) is 12.1 Å². The molecule has 0 unspecified atom stereocenters. The van der Waals surface area contributed by atoms with Gasteiger partial charge in [0.2, 0.25) is 0 Å². The van der Waals surface area contributed by atoms with Gasteiger partial charge in [0.15, 0.2) is 5.75 Å². The Kier molecular flexibility index (Phi) is 6.65. The number of benzene rings is 1. The zero-order valence-electron chi connectivity index (χ0n) is 13.5. The van der Waals surface area contributed by atoms with Gasteiger partial charge in [-0.1, -0.05) is 29.3 Å². The summed E-state index contributed by atoms with van der Waals surface area (Å²) < 4.78 is 0.804. The fourth-order valence-corrected chi connectivity index (χ4v) is 2.62. The van der Waals surface area contributed by atoms with Crippen molar-refractivity contribution in [2.75, 3.05) is 6.54 Å². The number of aromatic nitrogens is 1. The highest BCUT2D eigenvalue weighted by Gasteiger charge is 2.16. The largest absolute Gasteiger partial charge is 0.502 e. The van der Waals surface area contributed by atoms with Crippen LogP contribution in [0.5, 0.6) is 5.75 Å². The maximum atomic E-state index is 12.1. The Labute approximate surface area is 158 Å². The number of hydrogen-bond acceptors (Lipinski definition) is 4. The number of carbonyl (C=O) groups is 2. The summed E-state index contributed by atoms with van der Waals surface area (Å²) in [4.78, 5) is 34.6. The minimum absolute atomic E-state index is 0.203. The normalized spacial score (nSPS) is 10.5. The molecule has 26 heavy (non-hydrogen) atoms. The molecular formula is C17H16Cl2N2O5. The van der Waals surface area contributed by atoms with Crippen molar-refractivity contribution >= 4 is 35.1 Å². The number of carboxylic acid groups (broad SMARTS) is 1. The second-order valence-electron chi connectivity index (χ2n) is 5.51. The molecule has 3 N–H and O–H groups in total. The summed E-state index contributed by atoms with van der Waals surface area (Å²) >= 11 is 11.8. The van der Waals surface area contributed by atoms with E-state index < -0.39 is 29.7 Å². The Bertz CT molecular complexity index is 895. The first-order chi connectivity index (χ1) is 12.3. The van der Waals surface area contributed by atoms with Crippen LogP contribution in [0.3, 0.4) is 0 Å². The molecule has 138 valence electrons. The molecule has 0 bridgehead atoms. The SMILES string of the molecule is O=C(O)Cn1ccc(C(=O)NCCCc2ccc(Cl)c(Cl)c2)c(O)c1=O. The lowest BCUT2D eigenvalue weighted by molar-refractivity contribution is -0.137. The first-order valence-electron chi connectivity index (χ1n) is 7.66. The van der Waals surface area contributed by atoms with Gasteiger partial charge in [-0.25, -0.2) is 0 Å². The van der Waals surface area contributed by atoms with E-state index in [0.29, 0.717) is 29.4 Å². The smallest absolute Gasteiger partial charge is 0.323 e. The van der Waals surface area contributed by atoms with E-state index in [0.717, 1.165) is 16.3 Å². The number of aryl methyl sites for hydroxylation is 1. The molecule has 0 atom stereocenters. The van der Waals surface area contributed by atoms with Crippen LogP contribution in [0.1, 0.15) is 22.3 Å². The molecule has 1 heterocycles. The van der Waals surface area contributed by atoms with Crippen LogP contribution in [0.4, 0.5) is 0 Å². The first-order valence-corrected chi connectivity index (χ1v) is 8.41. The minimum atomic E-state index is -1.23. The van der Waals surface area contributed by atoms with Crippen LogP contribution in [-0.2, 0) is 17.8 Å². The molecule has 1 aromatic carbocycles. The number of pyridine rings is 1. The van der Waals surface area contributed by atoms with E-state index in [1.807, 2.05) is 6.07 Å². The molecule has 0 spiro atoms. The van der Waals surface area contributed by atoms with Crippen molar-refractivity contribution in [3.63, 3.8) is 0 Å². The Morgan fingerprint density at radius 3 is 2.54 bits per heavy atom. The second kappa shape index (κ2) is 8.73. The molecule has 0 saturated carbocycles. The minimum Gasteiger partial charge on any atom is -0.502 e. The Morgan fingerprint density at radius 1 is 1.15 bits per heavy atom. The molecule has 1 amide bonds. The lowest BCUT2D eigenvalue weighted by atomic mass is 10.1. The van der Waals surface area contributed by atoms with E-state index in [4.69, 9.17) is 28.3 Å². The van der Waals surface area contributed by atoms with Gasteiger partial charge in [-0.3, -0.25) is 14.4 Å². The number of carbonyl (C=O) groups excluding carboxylic acids is 1. The summed E-state index contributed by atoms with van der Waals surface area (Å²) in [5.74, 6) is -2.63. The van der Waals surface area contributed by atoms with Gasteiger partial charge in [0.1, 0.15) is 6.54 Å². The third kappa shape index (κ3) is 5.00. The van der Waals surface area contributed by atoms with Gasteiger partial charge < -0.3 is 20.1 Å². The summed E-state index contributed by atoms with van der Waals surface area (Å²) in [5, 5.41) is 22.1. The maximum absolute atomic E-state index is 12.1. The summed E-state index contributed by atoms with van der Waals surface area (Å²) in [6.45, 7) is -0.283. The third-order valence-electron chi connectivity index (χ3n) is 3.60. The Morgan fingerprint density at radius 2 is 1.88 bits per heavy atom. The lowest BCUT2D eigenvalue weighted by Crippen LogP contribution is -2.29. The molecule has 0 aliphatic rings. The van der Waals surface area contributed by atoms with E-state index in [1.165, 1.54) is 6.07 Å². The quantitative estimate of drug-likeness (QED) is 0.620. The predicted octanol–water partition coefficient (Wildman–Crippen LogP) is 2.31. The van der Waals surface area contributed by atoms with Gasteiger partial charge in [0.05, 0.1) is 15.6 Å². The average molecular weight is 399 g/mol. The van der Waals surface area contributed by atoms with Crippen LogP contribution in [0.2, 0.25) is 10.0 Å². The summed E-state index contributed by atoms with van der Waals surface area (Å²) in [6.07, 6.45) is 2.42. The molecule has 7 nitrogen and oxygen atoms in total. The Hall–Kier alpha value is -2.51. The summed E-state index contributed by atoms with van der Waals surface area (Å²) in [6, 6.07) is 6.49. The van der Waals surface area contributed by atoms with Crippen molar-refractivity contribution in [3.05, 3.63) is 62.0 Å². The maximum Gasteiger partial charge on any atom is 0.323 e. The number of aromatic hydroxyl groups is 1. The van der Waals surface area contributed by atoms with Gasteiger partial charge in [0, 0.05) is 12.7 Å². The number of nitrogens with zero attached hydrogens (tertiary/aromatic N) is 1. The average Bonchev–Trinajstić information content (AvgIpc) is 2.58. The molecule has 2 aromatic rings. The van der Waals surface area contributed by atoms with Crippen LogP contribution in [0, 0.1) is 0 Å². The van der Waals surface area contributed by atoms with E-state index >= 15 is 0 Å². The zero-order chi connectivity index (χ0) is 19.3. The topological polar surface area (TPSA) is 109 Å². The molecule has 0 fully saturated rings. The van der Waals surface area contributed by atoms with Crippen LogP contribution in [0.15, 0.2) is 35.3 Å². The number of amides is 1. The van der Waals surface area contributed by atoms with Crippen LogP contribution < -0.4 is 10.9 Å². The molecular weight excluding hydrogens is 383 g/mol. The van der Waals surface area contributed by atoms with Crippen LogP contribution in [-0.4, -0.2) is 33.2 Å². The number of aliphatic carboxylic acids is 1. The molecule has 0 aliphatic carbocycles. The molecule has 0 saturated heterocycles. The fraction of sp³-hybridized carbons (Fsp3) is 0.235. The third-order valence-corrected chi connectivity index (χ3v) is 4.34. The van der Waals surface area contributed by atoms with Crippen molar-refractivity contribution in [2.24, 2.45) is 0 Å². The molecule has 9 heteroatoms. The highest BCUT2D eigenvalue weighted by atomic mass is 35.5. The molecule has 1 aromatic heterocycles. The summed E-state index contributed by atoms with van der Waals surface area (Å²) in [5.41, 5.74) is -0.171. The van der Waals surface area contributed by atoms with Gasteiger partial charge in [-0.05, 0) is 36.6 Å². The second-order valence-corrected chi connectivity index (χ2v) is 6.33. The van der Waals surface area contributed by atoms with Crippen molar-refractivity contribution in [2.45, 2.75) is 19.4 Å².